The van der Waals surface area contributed by atoms with Crippen LogP contribution in [-0.2, 0) is 13.5 Å². The van der Waals surface area contributed by atoms with E-state index in [1.807, 2.05) is 17.8 Å². The van der Waals surface area contributed by atoms with Crippen LogP contribution in [-0.4, -0.2) is 21.1 Å². The van der Waals surface area contributed by atoms with Crippen molar-refractivity contribution in [2.45, 2.75) is 25.8 Å². The number of aromatic nitrogens is 3. The molecule has 0 spiro atoms. The van der Waals surface area contributed by atoms with E-state index in [1.165, 1.54) is 12.3 Å². The van der Waals surface area contributed by atoms with Gasteiger partial charge in [0.15, 0.2) is 0 Å². The molecule has 0 saturated carbocycles. The van der Waals surface area contributed by atoms with Crippen LogP contribution in [0.5, 0.6) is 0 Å². The lowest BCUT2D eigenvalue weighted by Crippen LogP contribution is -2.22. The number of halogens is 1. The third-order valence-corrected chi connectivity index (χ3v) is 3.14. The summed E-state index contributed by atoms with van der Waals surface area (Å²) in [4.78, 5) is 8.47. The van der Waals surface area contributed by atoms with E-state index < -0.39 is 0 Å². The molecule has 1 N–H and O–H groups in total. The number of pyridine rings is 1. The molecule has 4 nitrogen and oxygen atoms in total. The van der Waals surface area contributed by atoms with E-state index in [1.54, 1.807) is 12.3 Å². The maximum atomic E-state index is 12.9. The molecule has 1 unspecified atom stereocenters. The smallest absolute Gasteiger partial charge is 0.141 e. The summed E-state index contributed by atoms with van der Waals surface area (Å²) in [5, 5.41) is 3.38. The maximum Gasteiger partial charge on any atom is 0.141 e. The Balaban J connectivity index is 2.04. The summed E-state index contributed by atoms with van der Waals surface area (Å²) < 4.78 is 14.9. The number of imidazole rings is 1. The van der Waals surface area contributed by atoms with Crippen LogP contribution < -0.4 is 5.32 Å². The molecule has 0 aromatic carbocycles. The average molecular weight is 262 g/mol. The van der Waals surface area contributed by atoms with Gasteiger partial charge in [-0.1, -0.05) is 6.92 Å². The van der Waals surface area contributed by atoms with Gasteiger partial charge in [-0.05, 0) is 25.1 Å². The van der Waals surface area contributed by atoms with E-state index in [0.717, 1.165) is 30.9 Å². The number of nitrogens with one attached hydrogen (secondary N) is 1. The Hall–Kier alpha value is -1.75. The van der Waals surface area contributed by atoms with Gasteiger partial charge in [0, 0.05) is 31.9 Å². The lowest BCUT2D eigenvalue weighted by Gasteiger charge is -2.17. The third kappa shape index (κ3) is 3.61. The first-order valence-electron chi connectivity index (χ1n) is 6.51. The van der Waals surface area contributed by atoms with Crippen LogP contribution in [0.25, 0.3) is 0 Å². The number of rotatable bonds is 6. The van der Waals surface area contributed by atoms with Crippen molar-refractivity contribution in [2.24, 2.45) is 7.05 Å². The molecule has 0 fully saturated rings. The first kappa shape index (κ1) is 13.7. The van der Waals surface area contributed by atoms with Gasteiger partial charge in [-0.3, -0.25) is 4.98 Å². The minimum Gasteiger partial charge on any atom is -0.338 e. The zero-order valence-corrected chi connectivity index (χ0v) is 11.3. The molecule has 19 heavy (non-hydrogen) atoms. The van der Waals surface area contributed by atoms with Gasteiger partial charge < -0.3 is 9.88 Å². The molecule has 0 radical (unpaired) electrons. The molecule has 102 valence electrons. The highest BCUT2D eigenvalue weighted by Crippen LogP contribution is 2.17. The highest BCUT2D eigenvalue weighted by Gasteiger charge is 2.13. The van der Waals surface area contributed by atoms with Gasteiger partial charge in [0.25, 0.3) is 0 Å². The van der Waals surface area contributed by atoms with Crippen LogP contribution in [0.1, 0.15) is 30.9 Å². The minimum absolute atomic E-state index is 0.127. The molecule has 0 aliphatic heterocycles. The van der Waals surface area contributed by atoms with Gasteiger partial charge >= 0.3 is 0 Å². The minimum atomic E-state index is -0.303. The van der Waals surface area contributed by atoms with Gasteiger partial charge in [-0.25, -0.2) is 9.37 Å². The fourth-order valence-electron chi connectivity index (χ4n) is 2.11. The van der Waals surface area contributed by atoms with Crippen LogP contribution in [0.15, 0.2) is 30.7 Å². The molecule has 0 bridgehead atoms. The van der Waals surface area contributed by atoms with E-state index in [0.29, 0.717) is 0 Å². The van der Waals surface area contributed by atoms with E-state index in [-0.39, 0.29) is 11.9 Å². The molecule has 0 amide bonds. The lowest BCUT2D eigenvalue weighted by molar-refractivity contribution is 0.492. The van der Waals surface area contributed by atoms with E-state index in [9.17, 15) is 4.39 Å². The molecule has 5 heteroatoms. The van der Waals surface area contributed by atoms with Crippen molar-refractivity contribution in [3.05, 3.63) is 48.1 Å². The summed E-state index contributed by atoms with van der Waals surface area (Å²) >= 11 is 0. The lowest BCUT2D eigenvalue weighted by atomic mass is 10.1. The van der Waals surface area contributed by atoms with Gasteiger partial charge in [0.1, 0.15) is 11.6 Å². The number of hydrogen-bond acceptors (Lipinski definition) is 3. The summed E-state index contributed by atoms with van der Waals surface area (Å²) in [5.41, 5.74) is 0.873. The molecule has 2 heterocycles. The topological polar surface area (TPSA) is 42.7 Å². The largest absolute Gasteiger partial charge is 0.338 e. The summed E-state index contributed by atoms with van der Waals surface area (Å²) in [6.45, 7) is 2.90. The van der Waals surface area contributed by atoms with E-state index in [2.05, 4.69) is 22.2 Å². The Kier molecular flexibility index (Phi) is 4.63. The molecule has 2 aromatic heterocycles. The molecule has 1 atom stereocenters. The van der Waals surface area contributed by atoms with Gasteiger partial charge in [0.05, 0.1) is 11.9 Å². The van der Waals surface area contributed by atoms with Crippen LogP contribution in [0.3, 0.4) is 0 Å². The second-order valence-corrected chi connectivity index (χ2v) is 4.50. The van der Waals surface area contributed by atoms with Crippen molar-refractivity contribution in [1.82, 2.24) is 19.9 Å². The molecule has 0 aliphatic carbocycles. The Morgan fingerprint density at radius 1 is 1.37 bits per heavy atom. The normalized spacial score (nSPS) is 12.6. The predicted molar refractivity (Wildman–Crippen MR) is 72.1 cm³/mol. The monoisotopic (exact) mass is 262 g/mol. The van der Waals surface area contributed by atoms with Gasteiger partial charge in [-0.2, -0.15) is 0 Å². The molecule has 2 rings (SSSR count). The van der Waals surface area contributed by atoms with E-state index >= 15 is 0 Å². The molecular formula is C14H19FN4. The Morgan fingerprint density at radius 3 is 2.79 bits per heavy atom. The maximum absolute atomic E-state index is 12.9. The van der Waals surface area contributed by atoms with Gasteiger partial charge in [0.2, 0.25) is 0 Å². The highest BCUT2D eigenvalue weighted by molar-refractivity contribution is 5.10. The summed E-state index contributed by atoms with van der Waals surface area (Å²) in [7, 11) is 1.99. The third-order valence-electron chi connectivity index (χ3n) is 3.14. The van der Waals surface area contributed by atoms with Crippen molar-refractivity contribution >= 4 is 0 Å². The summed E-state index contributed by atoms with van der Waals surface area (Å²) in [6, 6.07) is 3.32. The first-order chi connectivity index (χ1) is 9.20. The first-order valence-corrected chi connectivity index (χ1v) is 6.51. The van der Waals surface area contributed by atoms with Crippen LogP contribution in [0.2, 0.25) is 0 Å². The number of hydrogen-bond donors (Lipinski definition) is 1. The zero-order chi connectivity index (χ0) is 13.7. The fraction of sp³-hybridized carbons (Fsp3) is 0.429. The zero-order valence-electron chi connectivity index (χ0n) is 11.3. The SMILES string of the molecule is CCNC(CCc1nccn1C)c1ccc(F)cn1. The average Bonchev–Trinajstić information content (AvgIpc) is 2.81. The van der Waals surface area contributed by atoms with Crippen LogP contribution in [0.4, 0.5) is 4.39 Å². The summed E-state index contributed by atoms with van der Waals surface area (Å²) in [5.74, 6) is 0.744. The van der Waals surface area contributed by atoms with Crippen molar-refractivity contribution in [3.8, 4) is 0 Å². The van der Waals surface area contributed by atoms with E-state index in [4.69, 9.17) is 0 Å². The quantitative estimate of drug-likeness (QED) is 0.868. The second kappa shape index (κ2) is 6.43. The molecular weight excluding hydrogens is 243 g/mol. The molecule has 0 saturated heterocycles. The molecule has 0 aliphatic rings. The number of nitrogens with zero attached hydrogens (tertiary/aromatic N) is 3. The molecule has 2 aromatic rings. The standard InChI is InChI=1S/C14H19FN4/c1-3-16-12(13-5-4-11(15)10-18-13)6-7-14-17-8-9-19(14)2/h4-5,8-10,12,16H,3,6-7H2,1-2H3. The Labute approximate surface area is 112 Å². The van der Waals surface area contributed by atoms with Crippen molar-refractivity contribution in [2.75, 3.05) is 6.54 Å². The van der Waals surface area contributed by atoms with Crippen LogP contribution in [0, 0.1) is 5.82 Å². The fourth-order valence-corrected chi connectivity index (χ4v) is 2.11. The Bertz CT molecular complexity index is 506. The Morgan fingerprint density at radius 2 is 2.21 bits per heavy atom. The van der Waals surface area contributed by atoms with Crippen molar-refractivity contribution in [3.63, 3.8) is 0 Å². The van der Waals surface area contributed by atoms with Crippen molar-refractivity contribution in [1.29, 1.82) is 0 Å². The summed E-state index contributed by atoms with van der Waals surface area (Å²) in [6.07, 6.45) is 6.75. The van der Waals surface area contributed by atoms with Crippen molar-refractivity contribution < 1.29 is 4.39 Å². The van der Waals surface area contributed by atoms with Gasteiger partial charge in [-0.15, -0.1) is 0 Å². The predicted octanol–water partition coefficient (Wildman–Crippen LogP) is 2.24. The highest BCUT2D eigenvalue weighted by atomic mass is 19.1. The second-order valence-electron chi connectivity index (χ2n) is 4.50. The number of aryl methyl sites for hydroxylation is 2. The van der Waals surface area contributed by atoms with Crippen LogP contribution >= 0.6 is 0 Å².